The molecule has 0 spiro atoms. The van der Waals surface area contributed by atoms with E-state index in [0.29, 0.717) is 11.3 Å². The number of hydrogen-bond donors (Lipinski definition) is 0. The smallest absolute Gasteiger partial charge is 0.257 e. The highest BCUT2D eigenvalue weighted by atomic mass is 16.2. The lowest BCUT2D eigenvalue weighted by molar-refractivity contribution is -0.141. The van der Waals surface area contributed by atoms with E-state index >= 15 is 0 Å². The average molecular weight is 431 g/mol. The molecule has 0 N–H and O–H groups in total. The van der Waals surface area contributed by atoms with Crippen molar-refractivity contribution in [2.24, 2.45) is 16.7 Å². The summed E-state index contributed by atoms with van der Waals surface area (Å²) in [6, 6.07) is 11.1. The van der Waals surface area contributed by atoms with Crippen molar-refractivity contribution in [3.05, 3.63) is 59.9 Å². The molecular formula is C25H26N4O3. The lowest BCUT2D eigenvalue weighted by atomic mass is 10.0. The molecule has 0 radical (unpaired) electrons. The van der Waals surface area contributed by atoms with Gasteiger partial charge in [0.05, 0.1) is 23.7 Å². The van der Waals surface area contributed by atoms with Crippen LogP contribution in [0.5, 0.6) is 0 Å². The molecule has 0 bridgehead atoms. The van der Waals surface area contributed by atoms with Gasteiger partial charge in [-0.05, 0) is 46.7 Å². The van der Waals surface area contributed by atoms with Gasteiger partial charge in [-0.2, -0.15) is 5.26 Å². The van der Waals surface area contributed by atoms with E-state index in [4.69, 9.17) is 5.26 Å². The maximum Gasteiger partial charge on any atom is 0.257 e. The summed E-state index contributed by atoms with van der Waals surface area (Å²) in [6.45, 7) is 8.44. The van der Waals surface area contributed by atoms with E-state index in [-0.39, 0.29) is 41.5 Å². The summed E-state index contributed by atoms with van der Waals surface area (Å²) in [5, 5.41) is 9.01. The predicted octanol–water partition coefficient (Wildman–Crippen LogP) is 3.30. The Morgan fingerprint density at radius 2 is 1.81 bits per heavy atom. The molecule has 7 nitrogen and oxygen atoms in total. The number of pyridine rings is 1. The first kappa shape index (κ1) is 21.7. The van der Waals surface area contributed by atoms with E-state index < -0.39 is 11.9 Å². The number of amides is 3. The summed E-state index contributed by atoms with van der Waals surface area (Å²) >= 11 is 0. The van der Waals surface area contributed by atoms with Crippen molar-refractivity contribution < 1.29 is 14.4 Å². The fourth-order valence-electron chi connectivity index (χ4n) is 4.83. The Kier molecular flexibility index (Phi) is 5.12. The van der Waals surface area contributed by atoms with Crippen molar-refractivity contribution in [1.29, 1.82) is 5.26 Å². The van der Waals surface area contributed by atoms with Gasteiger partial charge >= 0.3 is 0 Å². The molecule has 32 heavy (non-hydrogen) atoms. The lowest BCUT2D eigenvalue weighted by Crippen LogP contribution is -2.46. The quantitative estimate of drug-likeness (QED) is 0.679. The number of nitriles is 1. The largest absolute Gasteiger partial charge is 0.325 e. The van der Waals surface area contributed by atoms with E-state index in [0.717, 1.165) is 10.5 Å². The molecule has 4 rings (SSSR count). The molecule has 2 aromatic rings. The maximum absolute atomic E-state index is 13.7. The summed E-state index contributed by atoms with van der Waals surface area (Å²) < 4.78 is 0. The Labute approximate surface area is 187 Å². The van der Waals surface area contributed by atoms with Crippen molar-refractivity contribution in [2.45, 2.75) is 46.7 Å². The van der Waals surface area contributed by atoms with Gasteiger partial charge in [0, 0.05) is 24.9 Å². The standard InChI is InChI=1S/C25H26N4O3/c1-24(2)21(25(24,3)4)23(32)28(15-17-6-5-11-27-14-17)19-12-20(30)29(22(19)31)18-9-7-16(13-26)8-10-18/h5-11,14,19,21H,12,15H2,1-4H3. The normalized spacial score (nSPS) is 21.3. The molecule has 1 aliphatic carbocycles. The fourth-order valence-corrected chi connectivity index (χ4v) is 4.83. The second kappa shape index (κ2) is 7.56. The van der Waals surface area contributed by atoms with Gasteiger partial charge in [0.15, 0.2) is 0 Å². The van der Waals surface area contributed by atoms with Crippen molar-refractivity contribution >= 4 is 23.4 Å². The minimum absolute atomic E-state index is 0.0710. The highest BCUT2D eigenvalue weighted by Gasteiger charge is 2.69. The zero-order valence-corrected chi connectivity index (χ0v) is 18.7. The van der Waals surface area contributed by atoms with Crippen LogP contribution in [0.1, 0.15) is 45.2 Å². The Balaban J connectivity index is 1.66. The van der Waals surface area contributed by atoms with Gasteiger partial charge in [0.1, 0.15) is 6.04 Å². The molecule has 1 aromatic carbocycles. The maximum atomic E-state index is 13.7. The van der Waals surface area contributed by atoms with Gasteiger partial charge in [-0.3, -0.25) is 19.4 Å². The fraction of sp³-hybridized carbons (Fsp3) is 0.400. The number of aromatic nitrogens is 1. The number of nitrogens with zero attached hydrogens (tertiary/aromatic N) is 4. The van der Waals surface area contributed by atoms with E-state index in [9.17, 15) is 14.4 Å². The molecule has 2 fully saturated rings. The lowest BCUT2D eigenvalue weighted by Gasteiger charge is -2.28. The van der Waals surface area contributed by atoms with E-state index in [1.807, 2.05) is 12.1 Å². The minimum Gasteiger partial charge on any atom is -0.325 e. The molecule has 3 amide bonds. The van der Waals surface area contributed by atoms with Gasteiger partial charge in [0.2, 0.25) is 11.8 Å². The SMILES string of the molecule is CC1(C)C(C(=O)N(Cc2cccnc2)C2CC(=O)N(c3ccc(C#N)cc3)C2=O)C1(C)C. The van der Waals surface area contributed by atoms with Gasteiger partial charge < -0.3 is 4.90 Å². The van der Waals surface area contributed by atoms with Crippen LogP contribution in [0, 0.1) is 28.1 Å². The Morgan fingerprint density at radius 1 is 1.16 bits per heavy atom. The zero-order chi connectivity index (χ0) is 23.3. The molecule has 2 aliphatic rings. The Hall–Kier alpha value is -3.53. The average Bonchev–Trinajstić information content (AvgIpc) is 3.00. The molecule has 1 unspecified atom stereocenters. The van der Waals surface area contributed by atoms with Crippen molar-refractivity contribution in [3.63, 3.8) is 0 Å². The Morgan fingerprint density at radius 3 is 2.34 bits per heavy atom. The molecule has 1 aromatic heterocycles. The first-order valence-corrected chi connectivity index (χ1v) is 10.7. The van der Waals surface area contributed by atoms with Crippen molar-refractivity contribution in [1.82, 2.24) is 9.88 Å². The number of carbonyl (C=O) groups is 3. The monoisotopic (exact) mass is 430 g/mol. The molecule has 164 valence electrons. The number of hydrogen-bond acceptors (Lipinski definition) is 5. The molecule has 2 heterocycles. The van der Waals surface area contributed by atoms with Crippen LogP contribution < -0.4 is 4.90 Å². The second-order valence-electron chi connectivity index (χ2n) is 9.65. The summed E-state index contributed by atoms with van der Waals surface area (Å²) in [7, 11) is 0. The Bertz CT molecular complexity index is 1100. The van der Waals surface area contributed by atoms with Crippen LogP contribution in [-0.4, -0.2) is 33.6 Å². The molecule has 1 atom stereocenters. The zero-order valence-electron chi connectivity index (χ0n) is 18.7. The van der Waals surface area contributed by atoms with Crippen molar-refractivity contribution in [2.75, 3.05) is 4.90 Å². The highest BCUT2D eigenvalue weighted by molar-refractivity contribution is 6.23. The molecule has 1 aliphatic heterocycles. The number of carbonyl (C=O) groups excluding carboxylic acids is 3. The van der Waals surface area contributed by atoms with Crippen LogP contribution in [0.3, 0.4) is 0 Å². The van der Waals surface area contributed by atoms with E-state index in [1.165, 1.54) is 0 Å². The third-order valence-electron chi connectivity index (χ3n) is 7.38. The predicted molar refractivity (Wildman–Crippen MR) is 118 cm³/mol. The van der Waals surface area contributed by atoms with Crippen molar-refractivity contribution in [3.8, 4) is 6.07 Å². The topological polar surface area (TPSA) is 94.4 Å². The molecule has 1 saturated carbocycles. The minimum atomic E-state index is -0.877. The van der Waals surface area contributed by atoms with Crippen LogP contribution in [0.2, 0.25) is 0 Å². The van der Waals surface area contributed by atoms with Gasteiger partial charge in [-0.25, -0.2) is 4.90 Å². The molecular weight excluding hydrogens is 404 g/mol. The number of anilines is 1. The summed E-state index contributed by atoms with van der Waals surface area (Å²) in [6.07, 6.45) is 3.25. The summed E-state index contributed by atoms with van der Waals surface area (Å²) in [4.78, 5) is 46.8. The number of rotatable bonds is 5. The van der Waals surface area contributed by atoms with E-state index in [1.54, 1.807) is 47.6 Å². The van der Waals surface area contributed by atoms with Gasteiger partial charge in [-0.15, -0.1) is 0 Å². The first-order valence-electron chi connectivity index (χ1n) is 10.7. The summed E-state index contributed by atoms with van der Waals surface area (Å²) in [5.74, 6) is -1.13. The van der Waals surface area contributed by atoms with Crippen LogP contribution in [0.15, 0.2) is 48.8 Å². The third-order valence-corrected chi connectivity index (χ3v) is 7.38. The second-order valence-corrected chi connectivity index (χ2v) is 9.65. The third kappa shape index (κ3) is 3.36. The van der Waals surface area contributed by atoms with E-state index in [2.05, 4.69) is 32.7 Å². The summed E-state index contributed by atoms with van der Waals surface area (Å²) in [5.41, 5.74) is 1.25. The molecule has 7 heteroatoms. The van der Waals surface area contributed by atoms with Gasteiger partial charge in [0.25, 0.3) is 5.91 Å². The van der Waals surface area contributed by atoms with Gasteiger partial charge in [-0.1, -0.05) is 33.8 Å². The number of benzene rings is 1. The molecule has 1 saturated heterocycles. The van der Waals surface area contributed by atoms with Crippen LogP contribution in [-0.2, 0) is 20.9 Å². The van der Waals surface area contributed by atoms with Crippen LogP contribution in [0.25, 0.3) is 0 Å². The first-order chi connectivity index (χ1) is 15.1. The van der Waals surface area contributed by atoms with Crippen LogP contribution in [0.4, 0.5) is 5.69 Å². The number of imide groups is 1. The van der Waals surface area contributed by atoms with Crippen LogP contribution >= 0.6 is 0 Å². The highest BCUT2D eigenvalue weighted by Crippen LogP contribution is 2.69.